The number of hydrogen-bond acceptors (Lipinski definition) is 3. The monoisotopic (exact) mass is 246 g/mol. The molecule has 0 aromatic carbocycles. The molecule has 0 bridgehead atoms. The Morgan fingerprint density at radius 3 is 2.20 bits per heavy atom. The van der Waals surface area contributed by atoms with Crippen molar-refractivity contribution in [3.8, 4) is 0 Å². The lowest BCUT2D eigenvalue weighted by Gasteiger charge is -2.22. The average molecular weight is 246 g/mol. The van der Waals surface area contributed by atoms with E-state index < -0.39 is 28.0 Å². The van der Waals surface area contributed by atoms with E-state index in [2.05, 4.69) is 0 Å². The Morgan fingerprint density at radius 1 is 1.33 bits per heavy atom. The Kier molecular flexibility index (Phi) is 3.62. The van der Waals surface area contributed by atoms with Gasteiger partial charge in [0.25, 0.3) is 0 Å². The lowest BCUT2D eigenvalue weighted by molar-refractivity contribution is -0.136. The van der Waals surface area contributed by atoms with Crippen LogP contribution < -0.4 is 5.73 Å². The standard InChI is InChI=1S/C7H13F3N2O2S/c8-7(9,10)5-12(4-3-11)15(13,14)6-1-2-6/h6H,1-5,11H2. The van der Waals surface area contributed by atoms with Gasteiger partial charge in [0, 0.05) is 13.1 Å². The Morgan fingerprint density at radius 2 is 1.87 bits per heavy atom. The van der Waals surface area contributed by atoms with E-state index in [1.54, 1.807) is 0 Å². The number of alkyl halides is 3. The van der Waals surface area contributed by atoms with Crippen molar-refractivity contribution in [2.75, 3.05) is 19.6 Å². The molecule has 4 nitrogen and oxygen atoms in total. The first-order valence-corrected chi connectivity index (χ1v) is 6.03. The van der Waals surface area contributed by atoms with Gasteiger partial charge < -0.3 is 5.73 Å². The molecule has 0 saturated heterocycles. The summed E-state index contributed by atoms with van der Waals surface area (Å²) in [6.07, 6.45) is -3.63. The molecule has 0 aromatic rings. The predicted octanol–water partition coefficient (Wildman–Crippen LogP) is 0.302. The van der Waals surface area contributed by atoms with Gasteiger partial charge in [-0.3, -0.25) is 0 Å². The zero-order chi connectivity index (χ0) is 11.7. The third-order valence-corrected chi connectivity index (χ3v) is 4.38. The first kappa shape index (κ1) is 12.7. The number of nitrogens with two attached hydrogens (primary N) is 1. The van der Waals surface area contributed by atoms with Crippen molar-refractivity contribution in [3.05, 3.63) is 0 Å². The molecule has 1 saturated carbocycles. The van der Waals surface area contributed by atoms with Crippen LogP contribution in [0.2, 0.25) is 0 Å². The van der Waals surface area contributed by atoms with Crippen LogP contribution in [-0.2, 0) is 10.0 Å². The van der Waals surface area contributed by atoms with Gasteiger partial charge in [0.15, 0.2) is 0 Å². The van der Waals surface area contributed by atoms with E-state index >= 15 is 0 Å². The van der Waals surface area contributed by atoms with E-state index in [0.29, 0.717) is 17.1 Å². The molecule has 1 aliphatic rings. The van der Waals surface area contributed by atoms with Crippen molar-refractivity contribution in [2.24, 2.45) is 5.73 Å². The second-order valence-corrected chi connectivity index (χ2v) is 5.69. The zero-order valence-corrected chi connectivity index (χ0v) is 8.81. The zero-order valence-electron chi connectivity index (χ0n) is 8.00. The second-order valence-electron chi connectivity index (χ2n) is 3.48. The largest absolute Gasteiger partial charge is 0.402 e. The van der Waals surface area contributed by atoms with E-state index in [1.807, 2.05) is 0 Å². The third kappa shape index (κ3) is 3.62. The molecule has 0 unspecified atom stereocenters. The fourth-order valence-corrected chi connectivity index (χ4v) is 3.06. The van der Waals surface area contributed by atoms with Crippen LogP contribution in [0, 0.1) is 0 Å². The molecule has 1 rings (SSSR count). The highest BCUT2D eigenvalue weighted by Gasteiger charge is 2.43. The summed E-state index contributed by atoms with van der Waals surface area (Å²) in [6, 6.07) is 0. The summed E-state index contributed by atoms with van der Waals surface area (Å²) in [5, 5.41) is -0.633. The molecule has 1 fully saturated rings. The van der Waals surface area contributed by atoms with Gasteiger partial charge in [0.2, 0.25) is 10.0 Å². The summed E-state index contributed by atoms with van der Waals surface area (Å²) in [5.41, 5.74) is 5.09. The molecule has 0 aliphatic heterocycles. The van der Waals surface area contributed by atoms with Gasteiger partial charge in [-0.05, 0) is 12.8 Å². The molecule has 15 heavy (non-hydrogen) atoms. The third-order valence-electron chi connectivity index (χ3n) is 2.04. The van der Waals surface area contributed by atoms with Crippen LogP contribution >= 0.6 is 0 Å². The summed E-state index contributed by atoms with van der Waals surface area (Å²) in [6.45, 7) is -1.83. The quantitative estimate of drug-likeness (QED) is 0.759. The average Bonchev–Trinajstić information content (AvgIpc) is 2.82. The van der Waals surface area contributed by atoms with Crippen LogP contribution in [0.3, 0.4) is 0 Å². The van der Waals surface area contributed by atoms with E-state index in [4.69, 9.17) is 5.73 Å². The molecule has 0 radical (unpaired) electrons. The summed E-state index contributed by atoms with van der Waals surface area (Å²) in [7, 11) is -3.79. The van der Waals surface area contributed by atoms with Gasteiger partial charge in [0.05, 0.1) is 5.25 Å². The summed E-state index contributed by atoms with van der Waals surface area (Å²) >= 11 is 0. The minimum Gasteiger partial charge on any atom is -0.329 e. The smallest absolute Gasteiger partial charge is 0.329 e. The lowest BCUT2D eigenvalue weighted by Crippen LogP contribution is -2.43. The van der Waals surface area contributed by atoms with Crippen molar-refractivity contribution in [1.29, 1.82) is 0 Å². The highest BCUT2D eigenvalue weighted by atomic mass is 32.2. The normalized spacial score (nSPS) is 18.5. The molecule has 0 atom stereocenters. The van der Waals surface area contributed by atoms with Gasteiger partial charge in [-0.25, -0.2) is 8.42 Å². The number of halogens is 3. The van der Waals surface area contributed by atoms with Crippen molar-refractivity contribution < 1.29 is 21.6 Å². The van der Waals surface area contributed by atoms with Gasteiger partial charge >= 0.3 is 6.18 Å². The topological polar surface area (TPSA) is 63.4 Å². The Hall–Kier alpha value is -0.340. The fourth-order valence-electron chi connectivity index (χ4n) is 1.22. The maximum Gasteiger partial charge on any atom is 0.402 e. The number of sulfonamides is 1. The molecule has 0 heterocycles. The van der Waals surface area contributed by atoms with E-state index in [0.717, 1.165) is 0 Å². The van der Waals surface area contributed by atoms with Crippen LogP contribution in [0.1, 0.15) is 12.8 Å². The molecule has 2 N–H and O–H groups in total. The minimum absolute atomic E-state index is 0.109. The van der Waals surface area contributed by atoms with Crippen LogP contribution in [-0.4, -0.2) is 43.8 Å². The molecular formula is C7H13F3N2O2S. The Balaban J connectivity index is 2.73. The van der Waals surface area contributed by atoms with Gasteiger partial charge in [0.1, 0.15) is 6.54 Å². The fraction of sp³-hybridized carbons (Fsp3) is 1.00. The maximum atomic E-state index is 12.1. The van der Waals surface area contributed by atoms with E-state index in [9.17, 15) is 21.6 Å². The maximum absolute atomic E-state index is 12.1. The van der Waals surface area contributed by atoms with Crippen LogP contribution in [0.5, 0.6) is 0 Å². The van der Waals surface area contributed by atoms with Crippen molar-refractivity contribution in [3.63, 3.8) is 0 Å². The van der Waals surface area contributed by atoms with E-state index in [1.165, 1.54) is 0 Å². The summed E-state index contributed by atoms with van der Waals surface area (Å²) in [5.74, 6) is 0. The number of hydrogen-bond donors (Lipinski definition) is 1. The SMILES string of the molecule is NCCN(CC(F)(F)F)S(=O)(=O)C1CC1. The van der Waals surface area contributed by atoms with Crippen molar-refractivity contribution >= 4 is 10.0 Å². The Labute approximate surface area is 86.3 Å². The summed E-state index contributed by atoms with van der Waals surface area (Å²) in [4.78, 5) is 0. The highest BCUT2D eigenvalue weighted by molar-refractivity contribution is 7.90. The molecule has 0 aromatic heterocycles. The first-order chi connectivity index (χ1) is 6.77. The van der Waals surface area contributed by atoms with Gasteiger partial charge in [-0.15, -0.1) is 0 Å². The molecule has 1 aliphatic carbocycles. The lowest BCUT2D eigenvalue weighted by atomic mass is 10.5. The second kappa shape index (κ2) is 4.26. The molecular weight excluding hydrogens is 233 g/mol. The summed E-state index contributed by atoms with van der Waals surface area (Å²) < 4.78 is 59.8. The number of nitrogens with zero attached hydrogens (tertiary/aromatic N) is 1. The van der Waals surface area contributed by atoms with Crippen molar-refractivity contribution in [2.45, 2.75) is 24.3 Å². The number of rotatable bonds is 5. The molecule has 0 spiro atoms. The molecule has 0 amide bonds. The van der Waals surface area contributed by atoms with E-state index in [-0.39, 0.29) is 13.1 Å². The van der Waals surface area contributed by atoms with Crippen LogP contribution in [0.4, 0.5) is 13.2 Å². The first-order valence-electron chi connectivity index (χ1n) is 4.53. The van der Waals surface area contributed by atoms with Gasteiger partial charge in [-0.1, -0.05) is 0 Å². The van der Waals surface area contributed by atoms with Crippen LogP contribution in [0.15, 0.2) is 0 Å². The van der Waals surface area contributed by atoms with Crippen LogP contribution in [0.25, 0.3) is 0 Å². The predicted molar refractivity (Wildman–Crippen MR) is 48.6 cm³/mol. The minimum atomic E-state index is -4.52. The molecule has 8 heteroatoms. The Bertz CT molecular complexity index is 311. The molecule has 90 valence electrons. The van der Waals surface area contributed by atoms with Gasteiger partial charge in [-0.2, -0.15) is 17.5 Å². The van der Waals surface area contributed by atoms with Crippen molar-refractivity contribution in [1.82, 2.24) is 4.31 Å². The highest BCUT2D eigenvalue weighted by Crippen LogP contribution is 2.32.